The number of nitrogens with one attached hydrogen (secondary N) is 1. The number of hydrogen-bond donors (Lipinski definition) is 2. The largest absolute Gasteiger partial charge is 0.486 e. The Bertz CT molecular complexity index is 377. The van der Waals surface area contributed by atoms with Crippen LogP contribution in [0.4, 0.5) is 0 Å². The first kappa shape index (κ1) is 10.3. The molecule has 0 bridgehead atoms. The van der Waals surface area contributed by atoms with Crippen molar-refractivity contribution in [2.75, 3.05) is 13.2 Å². The fourth-order valence-electron chi connectivity index (χ4n) is 1.78. The van der Waals surface area contributed by atoms with Gasteiger partial charge in [-0.1, -0.05) is 0 Å². The summed E-state index contributed by atoms with van der Waals surface area (Å²) in [6.07, 6.45) is 0. The first-order valence-electron chi connectivity index (χ1n) is 4.99. The van der Waals surface area contributed by atoms with Gasteiger partial charge in [-0.15, -0.1) is 0 Å². The molecule has 0 saturated heterocycles. The molecule has 0 atom stereocenters. The topological polar surface area (TPSA) is 50.7 Å². The summed E-state index contributed by atoms with van der Waals surface area (Å²) in [7, 11) is 0. The average molecular weight is 209 g/mol. The Morgan fingerprint density at radius 1 is 1.27 bits per heavy atom. The highest BCUT2D eigenvalue weighted by atomic mass is 16.6. The van der Waals surface area contributed by atoms with E-state index in [1.165, 1.54) is 0 Å². The summed E-state index contributed by atoms with van der Waals surface area (Å²) in [5, 5.41) is 8.72. The van der Waals surface area contributed by atoms with Crippen LogP contribution in [0.3, 0.4) is 0 Å². The predicted octanol–water partition coefficient (Wildman–Crippen LogP) is 1.55. The van der Waals surface area contributed by atoms with Crippen LogP contribution in [0.2, 0.25) is 0 Å². The molecule has 1 heterocycles. The minimum atomic E-state index is 0.420. The highest BCUT2D eigenvalue weighted by Crippen LogP contribution is 2.37. The molecular weight excluding hydrogens is 194 g/mol. The molecular formula is C11H15NO3. The zero-order chi connectivity index (χ0) is 10.8. The fourth-order valence-corrected chi connectivity index (χ4v) is 1.78. The van der Waals surface area contributed by atoms with Crippen molar-refractivity contribution in [3.63, 3.8) is 0 Å². The van der Waals surface area contributed by atoms with E-state index in [-0.39, 0.29) is 0 Å². The molecule has 1 aromatic carbocycles. The Morgan fingerprint density at radius 2 is 2.00 bits per heavy atom. The van der Waals surface area contributed by atoms with Gasteiger partial charge >= 0.3 is 0 Å². The number of benzene rings is 1. The van der Waals surface area contributed by atoms with Gasteiger partial charge in [-0.05, 0) is 36.6 Å². The quantitative estimate of drug-likeness (QED) is 0.726. The predicted molar refractivity (Wildman–Crippen MR) is 55.5 cm³/mol. The van der Waals surface area contributed by atoms with Crippen molar-refractivity contribution in [1.82, 2.24) is 5.48 Å². The molecule has 0 spiro atoms. The van der Waals surface area contributed by atoms with Crippen molar-refractivity contribution in [1.29, 1.82) is 0 Å². The van der Waals surface area contributed by atoms with Gasteiger partial charge in [0.1, 0.15) is 13.2 Å². The van der Waals surface area contributed by atoms with E-state index < -0.39 is 0 Å². The van der Waals surface area contributed by atoms with Gasteiger partial charge in [0.25, 0.3) is 0 Å². The lowest BCUT2D eigenvalue weighted by Crippen LogP contribution is -2.18. The summed E-state index contributed by atoms with van der Waals surface area (Å²) in [6.45, 7) is 5.62. The second-order valence-electron chi connectivity index (χ2n) is 3.64. The maximum Gasteiger partial charge on any atom is 0.164 e. The molecule has 0 fully saturated rings. The number of hydrogen-bond acceptors (Lipinski definition) is 4. The van der Waals surface area contributed by atoms with E-state index >= 15 is 0 Å². The summed E-state index contributed by atoms with van der Waals surface area (Å²) in [4.78, 5) is 0. The van der Waals surface area contributed by atoms with Crippen molar-refractivity contribution in [3.8, 4) is 11.5 Å². The first-order chi connectivity index (χ1) is 7.24. The van der Waals surface area contributed by atoms with Gasteiger partial charge < -0.3 is 14.7 Å². The van der Waals surface area contributed by atoms with Crippen molar-refractivity contribution in [2.24, 2.45) is 0 Å². The van der Waals surface area contributed by atoms with Gasteiger partial charge in [0.2, 0.25) is 0 Å². The van der Waals surface area contributed by atoms with E-state index in [1.54, 1.807) is 0 Å². The highest BCUT2D eigenvalue weighted by Gasteiger charge is 2.17. The molecule has 0 unspecified atom stereocenters. The van der Waals surface area contributed by atoms with E-state index in [0.29, 0.717) is 19.8 Å². The Hall–Kier alpha value is -1.26. The standard InChI is InChI=1S/C11H15NO3/c1-7-8(2)11-10(14-3-4-15-11)5-9(7)6-12-13/h5,12-13H,3-4,6H2,1-2H3. The summed E-state index contributed by atoms with van der Waals surface area (Å²) in [5.41, 5.74) is 5.40. The van der Waals surface area contributed by atoms with Gasteiger partial charge in [0.05, 0.1) is 0 Å². The second kappa shape index (κ2) is 4.08. The molecule has 1 aromatic rings. The number of hydroxylamine groups is 1. The van der Waals surface area contributed by atoms with Gasteiger partial charge in [-0.2, -0.15) is 0 Å². The third-order valence-corrected chi connectivity index (χ3v) is 2.77. The van der Waals surface area contributed by atoms with E-state index in [0.717, 1.165) is 28.2 Å². The van der Waals surface area contributed by atoms with E-state index in [1.807, 2.05) is 19.9 Å². The normalized spacial score (nSPS) is 14.1. The molecule has 0 amide bonds. The molecule has 0 aromatic heterocycles. The molecule has 15 heavy (non-hydrogen) atoms. The van der Waals surface area contributed by atoms with Crippen LogP contribution in [0.15, 0.2) is 6.07 Å². The van der Waals surface area contributed by atoms with Crippen LogP contribution >= 0.6 is 0 Å². The van der Waals surface area contributed by atoms with E-state index in [4.69, 9.17) is 14.7 Å². The lowest BCUT2D eigenvalue weighted by atomic mass is 10.0. The third kappa shape index (κ3) is 1.78. The van der Waals surface area contributed by atoms with Gasteiger partial charge in [0, 0.05) is 6.54 Å². The minimum absolute atomic E-state index is 0.420. The maximum atomic E-state index is 8.72. The van der Waals surface area contributed by atoms with Crippen LogP contribution in [-0.4, -0.2) is 18.4 Å². The van der Waals surface area contributed by atoms with Gasteiger partial charge in [0.15, 0.2) is 11.5 Å². The van der Waals surface area contributed by atoms with Gasteiger partial charge in [-0.25, -0.2) is 5.48 Å². The highest BCUT2D eigenvalue weighted by molar-refractivity contribution is 5.54. The Kier molecular flexibility index (Phi) is 2.79. The number of rotatable bonds is 2. The van der Waals surface area contributed by atoms with Crippen LogP contribution in [0, 0.1) is 13.8 Å². The molecule has 1 aliphatic heterocycles. The molecule has 2 rings (SSSR count). The zero-order valence-corrected chi connectivity index (χ0v) is 8.96. The first-order valence-corrected chi connectivity index (χ1v) is 4.99. The lowest BCUT2D eigenvalue weighted by molar-refractivity contribution is 0.158. The molecule has 4 nitrogen and oxygen atoms in total. The zero-order valence-electron chi connectivity index (χ0n) is 8.96. The third-order valence-electron chi connectivity index (χ3n) is 2.77. The maximum absolute atomic E-state index is 8.72. The number of fused-ring (bicyclic) bond motifs is 1. The number of ether oxygens (including phenoxy) is 2. The van der Waals surface area contributed by atoms with Gasteiger partial charge in [-0.3, -0.25) is 0 Å². The molecule has 1 aliphatic rings. The molecule has 0 aliphatic carbocycles. The average Bonchev–Trinajstić information content (AvgIpc) is 2.26. The van der Waals surface area contributed by atoms with Crippen LogP contribution in [0.5, 0.6) is 11.5 Å². The summed E-state index contributed by atoms with van der Waals surface area (Å²) in [6, 6.07) is 1.92. The molecule has 0 saturated carbocycles. The minimum Gasteiger partial charge on any atom is -0.486 e. The Balaban J connectivity index is 2.47. The molecule has 82 valence electrons. The molecule has 2 N–H and O–H groups in total. The van der Waals surface area contributed by atoms with Crippen molar-refractivity contribution < 1.29 is 14.7 Å². The van der Waals surface area contributed by atoms with Crippen LogP contribution in [0.25, 0.3) is 0 Å². The van der Waals surface area contributed by atoms with Crippen LogP contribution in [-0.2, 0) is 6.54 Å². The summed E-state index contributed by atoms with van der Waals surface area (Å²) < 4.78 is 11.1. The fraction of sp³-hybridized carbons (Fsp3) is 0.455. The second-order valence-corrected chi connectivity index (χ2v) is 3.64. The Morgan fingerprint density at radius 3 is 2.73 bits per heavy atom. The van der Waals surface area contributed by atoms with E-state index in [9.17, 15) is 0 Å². The Labute approximate surface area is 88.8 Å². The van der Waals surface area contributed by atoms with Crippen molar-refractivity contribution in [3.05, 3.63) is 22.8 Å². The van der Waals surface area contributed by atoms with Crippen LogP contribution in [0.1, 0.15) is 16.7 Å². The van der Waals surface area contributed by atoms with Crippen molar-refractivity contribution in [2.45, 2.75) is 20.4 Å². The monoisotopic (exact) mass is 209 g/mol. The summed E-state index contributed by atoms with van der Waals surface area (Å²) in [5.74, 6) is 1.61. The summed E-state index contributed by atoms with van der Waals surface area (Å²) >= 11 is 0. The lowest BCUT2D eigenvalue weighted by Gasteiger charge is -2.22. The molecule has 4 heteroatoms. The molecule has 0 radical (unpaired) electrons. The van der Waals surface area contributed by atoms with E-state index in [2.05, 4.69) is 5.48 Å². The van der Waals surface area contributed by atoms with Crippen LogP contribution < -0.4 is 15.0 Å². The smallest absolute Gasteiger partial charge is 0.164 e. The van der Waals surface area contributed by atoms with Crippen molar-refractivity contribution >= 4 is 0 Å². The SMILES string of the molecule is Cc1c(CNO)cc2c(c1C)OCCO2.